The van der Waals surface area contributed by atoms with Gasteiger partial charge in [-0.15, -0.1) is 11.3 Å². The molecule has 90 valence electrons. The maximum atomic E-state index is 5.17. The number of methoxy groups -OCH3 is 1. The first-order valence-electron chi connectivity index (χ1n) is 5.18. The standard InChI is InChI=1S/C12H13BrN2OS/c1-14-6-9-7-15-12(17-9)10-4-3-8(16-2)5-11(10)13/h3-5,7,14H,6H2,1-2H3. The van der Waals surface area contributed by atoms with Crippen LogP contribution >= 0.6 is 27.3 Å². The first-order valence-corrected chi connectivity index (χ1v) is 6.78. The van der Waals surface area contributed by atoms with Gasteiger partial charge in [-0.2, -0.15) is 0 Å². The van der Waals surface area contributed by atoms with Gasteiger partial charge in [0.15, 0.2) is 0 Å². The van der Waals surface area contributed by atoms with Gasteiger partial charge in [0.1, 0.15) is 10.8 Å². The highest BCUT2D eigenvalue weighted by atomic mass is 79.9. The Morgan fingerprint density at radius 1 is 1.47 bits per heavy atom. The molecule has 3 nitrogen and oxygen atoms in total. The molecule has 0 aliphatic rings. The quantitative estimate of drug-likeness (QED) is 0.940. The molecule has 0 amide bonds. The number of benzene rings is 1. The van der Waals surface area contributed by atoms with Gasteiger partial charge < -0.3 is 10.1 Å². The Labute approximate surface area is 113 Å². The van der Waals surface area contributed by atoms with Crippen LogP contribution in [0, 0.1) is 0 Å². The van der Waals surface area contributed by atoms with Gasteiger partial charge >= 0.3 is 0 Å². The molecule has 0 atom stereocenters. The van der Waals surface area contributed by atoms with Crippen LogP contribution in [-0.4, -0.2) is 19.1 Å². The lowest BCUT2D eigenvalue weighted by atomic mass is 10.2. The zero-order valence-corrected chi connectivity index (χ0v) is 12.1. The van der Waals surface area contributed by atoms with Crippen molar-refractivity contribution < 1.29 is 4.74 Å². The van der Waals surface area contributed by atoms with E-state index in [4.69, 9.17) is 4.74 Å². The Kier molecular flexibility index (Phi) is 4.15. The van der Waals surface area contributed by atoms with Crippen LogP contribution in [0.3, 0.4) is 0 Å². The van der Waals surface area contributed by atoms with Crippen molar-refractivity contribution in [3.63, 3.8) is 0 Å². The maximum absolute atomic E-state index is 5.17. The van der Waals surface area contributed by atoms with Gasteiger partial charge in [-0.25, -0.2) is 4.98 Å². The number of nitrogens with one attached hydrogen (secondary N) is 1. The van der Waals surface area contributed by atoms with E-state index in [1.807, 2.05) is 31.4 Å². The molecule has 5 heteroatoms. The monoisotopic (exact) mass is 312 g/mol. The number of halogens is 1. The molecule has 0 saturated carbocycles. The van der Waals surface area contributed by atoms with E-state index in [0.717, 1.165) is 27.3 Å². The van der Waals surface area contributed by atoms with Gasteiger partial charge in [-0.1, -0.05) is 0 Å². The fourth-order valence-corrected chi connectivity index (χ4v) is 3.12. The van der Waals surface area contributed by atoms with E-state index in [-0.39, 0.29) is 0 Å². The zero-order chi connectivity index (χ0) is 12.3. The van der Waals surface area contributed by atoms with Crippen LogP contribution in [0.25, 0.3) is 10.6 Å². The molecule has 1 aromatic carbocycles. The molecule has 0 aliphatic carbocycles. The van der Waals surface area contributed by atoms with Crippen molar-refractivity contribution in [1.82, 2.24) is 10.3 Å². The summed E-state index contributed by atoms with van der Waals surface area (Å²) in [5.41, 5.74) is 1.10. The van der Waals surface area contributed by atoms with Gasteiger partial charge in [-0.3, -0.25) is 0 Å². The van der Waals surface area contributed by atoms with Gasteiger partial charge in [0.2, 0.25) is 0 Å². The van der Waals surface area contributed by atoms with Crippen molar-refractivity contribution in [3.05, 3.63) is 33.7 Å². The number of aromatic nitrogens is 1. The molecule has 1 aromatic heterocycles. The number of hydrogen-bond acceptors (Lipinski definition) is 4. The fraction of sp³-hybridized carbons (Fsp3) is 0.250. The smallest absolute Gasteiger partial charge is 0.124 e. The summed E-state index contributed by atoms with van der Waals surface area (Å²) >= 11 is 5.24. The third-order valence-corrected chi connectivity index (χ3v) is 4.00. The molecule has 0 fully saturated rings. The van der Waals surface area contributed by atoms with Crippen LogP contribution in [0.5, 0.6) is 5.75 Å². The summed E-state index contributed by atoms with van der Waals surface area (Å²) in [6, 6.07) is 5.92. The molecule has 0 saturated heterocycles. The molecule has 0 unspecified atom stereocenters. The van der Waals surface area contributed by atoms with Crippen molar-refractivity contribution in [2.75, 3.05) is 14.2 Å². The summed E-state index contributed by atoms with van der Waals surface area (Å²) in [5.74, 6) is 0.840. The summed E-state index contributed by atoms with van der Waals surface area (Å²) in [6.45, 7) is 0.853. The lowest BCUT2D eigenvalue weighted by Crippen LogP contribution is -2.02. The minimum atomic E-state index is 0.840. The van der Waals surface area contributed by atoms with Gasteiger partial charge in [0.05, 0.1) is 7.11 Å². The molecule has 1 heterocycles. The van der Waals surface area contributed by atoms with Crippen molar-refractivity contribution >= 4 is 27.3 Å². The van der Waals surface area contributed by atoms with Crippen LogP contribution in [-0.2, 0) is 6.54 Å². The summed E-state index contributed by atoms with van der Waals surface area (Å²) in [6.07, 6.45) is 1.91. The van der Waals surface area contributed by atoms with Crippen LogP contribution in [0.4, 0.5) is 0 Å². The average molecular weight is 313 g/mol. The Morgan fingerprint density at radius 2 is 2.29 bits per heavy atom. The second kappa shape index (κ2) is 5.62. The average Bonchev–Trinajstić information content (AvgIpc) is 2.78. The molecular weight excluding hydrogens is 300 g/mol. The number of thiazole rings is 1. The predicted molar refractivity (Wildman–Crippen MR) is 74.6 cm³/mol. The highest BCUT2D eigenvalue weighted by molar-refractivity contribution is 9.10. The molecule has 0 aliphatic heterocycles. The van der Waals surface area contributed by atoms with Crippen LogP contribution in [0.15, 0.2) is 28.9 Å². The van der Waals surface area contributed by atoms with Crippen LogP contribution in [0.2, 0.25) is 0 Å². The van der Waals surface area contributed by atoms with Crippen molar-refractivity contribution in [3.8, 4) is 16.3 Å². The van der Waals surface area contributed by atoms with Crippen LogP contribution in [0.1, 0.15) is 4.88 Å². The molecule has 17 heavy (non-hydrogen) atoms. The lowest BCUT2D eigenvalue weighted by Gasteiger charge is -2.03. The SMILES string of the molecule is CNCc1cnc(-c2ccc(OC)cc2Br)s1. The number of hydrogen-bond donors (Lipinski definition) is 1. The molecule has 2 aromatic rings. The molecule has 0 spiro atoms. The van der Waals surface area contributed by atoms with E-state index in [0.29, 0.717) is 0 Å². The van der Waals surface area contributed by atoms with Crippen molar-refractivity contribution in [2.45, 2.75) is 6.54 Å². The third-order valence-electron chi connectivity index (χ3n) is 2.31. The van der Waals surface area contributed by atoms with E-state index in [1.165, 1.54) is 4.88 Å². The van der Waals surface area contributed by atoms with Gasteiger partial charge in [0.25, 0.3) is 0 Å². The minimum Gasteiger partial charge on any atom is -0.497 e. The number of nitrogens with zero attached hydrogens (tertiary/aromatic N) is 1. The first-order chi connectivity index (χ1) is 8.24. The highest BCUT2D eigenvalue weighted by Gasteiger charge is 2.08. The van der Waals surface area contributed by atoms with E-state index in [9.17, 15) is 0 Å². The number of ether oxygens (including phenoxy) is 1. The highest BCUT2D eigenvalue weighted by Crippen LogP contribution is 2.33. The van der Waals surface area contributed by atoms with Gasteiger partial charge in [0, 0.05) is 27.7 Å². The second-order valence-corrected chi connectivity index (χ2v) is 5.48. The van der Waals surface area contributed by atoms with Crippen molar-refractivity contribution in [1.29, 1.82) is 0 Å². The van der Waals surface area contributed by atoms with E-state index in [1.54, 1.807) is 18.4 Å². The molecule has 0 radical (unpaired) electrons. The number of rotatable bonds is 4. The summed E-state index contributed by atoms with van der Waals surface area (Å²) < 4.78 is 6.17. The predicted octanol–water partition coefficient (Wildman–Crippen LogP) is 3.30. The summed E-state index contributed by atoms with van der Waals surface area (Å²) in [4.78, 5) is 5.66. The summed E-state index contributed by atoms with van der Waals surface area (Å²) in [5, 5.41) is 4.14. The Bertz CT molecular complexity index is 513. The third kappa shape index (κ3) is 2.86. The minimum absolute atomic E-state index is 0.840. The van der Waals surface area contributed by atoms with Crippen molar-refractivity contribution in [2.24, 2.45) is 0 Å². The van der Waals surface area contributed by atoms with E-state index < -0.39 is 0 Å². The lowest BCUT2D eigenvalue weighted by molar-refractivity contribution is 0.414. The van der Waals surface area contributed by atoms with Gasteiger partial charge in [-0.05, 0) is 41.2 Å². The Balaban J connectivity index is 2.32. The molecular formula is C12H13BrN2OS. The zero-order valence-electron chi connectivity index (χ0n) is 9.66. The van der Waals surface area contributed by atoms with E-state index >= 15 is 0 Å². The fourth-order valence-electron chi connectivity index (χ4n) is 1.48. The second-order valence-electron chi connectivity index (χ2n) is 3.51. The molecule has 0 bridgehead atoms. The Morgan fingerprint density at radius 3 is 2.94 bits per heavy atom. The largest absolute Gasteiger partial charge is 0.497 e. The van der Waals surface area contributed by atoms with E-state index in [2.05, 4.69) is 26.2 Å². The normalized spacial score (nSPS) is 10.5. The Hall–Kier alpha value is -0.910. The van der Waals surface area contributed by atoms with Crippen LogP contribution < -0.4 is 10.1 Å². The molecule has 2 rings (SSSR count). The topological polar surface area (TPSA) is 34.2 Å². The summed E-state index contributed by atoms with van der Waals surface area (Å²) in [7, 11) is 3.60. The molecule has 1 N–H and O–H groups in total. The maximum Gasteiger partial charge on any atom is 0.124 e. The first kappa shape index (κ1) is 12.5.